The number of unbranched alkanes of at least 4 members (excludes halogenated alkanes) is 3. The van der Waals surface area contributed by atoms with E-state index in [2.05, 4.69) is 6.92 Å². The molecule has 1 unspecified atom stereocenters. The summed E-state index contributed by atoms with van der Waals surface area (Å²) >= 11 is 0. The summed E-state index contributed by atoms with van der Waals surface area (Å²) in [4.78, 5) is 0. The van der Waals surface area contributed by atoms with Crippen molar-refractivity contribution in [1.82, 2.24) is 0 Å². The summed E-state index contributed by atoms with van der Waals surface area (Å²) in [6.45, 7) is 4.64. The Morgan fingerprint density at radius 1 is 1.17 bits per heavy atom. The number of aliphatic hydroxyl groups excluding tert-OH is 1. The van der Waals surface area contributed by atoms with Crippen molar-refractivity contribution in [2.24, 2.45) is 0 Å². The lowest BCUT2D eigenvalue weighted by Crippen LogP contribution is -2.00. The first-order valence-electron chi connectivity index (χ1n) is 6.67. The molecule has 3 heteroatoms. The van der Waals surface area contributed by atoms with Gasteiger partial charge in [0.25, 0.3) is 0 Å². The van der Waals surface area contributed by atoms with Gasteiger partial charge in [0, 0.05) is 0 Å². The molecule has 0 spiro atoms. The molecule has 3 nitrogen and oxygen atoms in total. The molecule has 0 aromatic heterocycles. The van der Waals surface area contributed by atoms with Crippen LogP contribution in [0.4, 0.5) is 0 Å². The van der Waals surface area contributed by atoms with E-state index in [1.165, 1.54) is 19.3 Å². The molecule has 0 aliphatic rings. The number of ether oxygens (including phenoxy) is 2. The first kappa shape index (κ1) is 14.8. The molecule has 1 atom stereocenters. The molecule has 0 aliphatic heterocycles. The molecule has 1 aromatic carbocycles. The van der Waals surface area contributed by atoms with E-state index in [1.54, 1.807) is 14.0 Å². The Bertz CT molecular complexity index is 348. The largest absolute Gasteiger partial charge is 0.493 e. The van der Waals surface area contributed by atoms with Crippen molar-refractivity contribution in [2.45, 2.75) is 45.6 Å². The summed E-state index contributed by atoms with van der Waals surface area (Å²) in [5.74, 6) is 1.43. The molecule has 1 aromatic rings. The van der Waals surface area contributed by atoms with Crippen molar-refractivity contribution in [1.29, 1.82) is 0 Å². The average Bonchev–Trinajstić information content (AvgIpc) is 2.38. The molecule has 0 bridgehead atoms. The highest BCUT2D eigenvalue weighted by Crippen LogP contribution is 2.30. The van der Waals surface area contributed by atoms with Gasteiger partial charge in [-0.1, -0.05) is 32.3 Å². The predicted octanol–water partition coefficient (Wildman–Crippen LogP) is 3.71. The number of hydrogen-bond acceptors (Lipinski definition) is 3. The fraction of sp³-hybridized carbons (Fsp3) is 0.600. The third-order valence-corrected chi connectivity index (χ3v) is 2.93. The smallest absolute Gasteiger partial charge is 0.161 e. The molecule has 1 N–H and O–H groups in total. The van der Waals surface area contributed by atoms with Crippen molar-refractivity contribution >= 4 is 0 Å². The van der Waals surface area contributed by atoms with E-state index >= 15 is 0 Å². The normalized spacial score (nSPS) is 12.2. The van der Waals surface area contributed by atoms with E-state index in [9.17, 15) is 5.11 Å². The van der Waals surface area contributed by atoms with Crippen LogP contribution in [0, 0.1) is 0 Å². The highest BCUT2D eigenvalue weighted by molar-refractivity contribution is 5.43. The Hall–Kier alpha value is -1.22. The van der Waals surface area contributed by atoms with Gasteiger partial charge in [0.2, 0.25) is 0 Å². The number of rotatable bonds is 8. The van der Waals surface area contributed by atoms with Crippen molar-refractivity contribution in [3.8, 4) is 11.5 Å². The second-order valence-corrected chi connectivity index (χ2v) is 4.50. The van der Waals surface area contributed by atoms with Crippen LogP contribution < -0.4 is 9.47 Å². The van der Waals surface area contributed by atoms with Crippen LogP contribution in [0.3, 0.4) is 0 Å². The summed E-state index contributed by atoms with van der Waals surface area (Å²) in [6, 6.07) is 5.56. The highest BCUT2D eigenvalue weighted by atomic mass is 16.5. The van der Waals surface area contributed by atoms with Crippen LogP contribution in [-0.4, -0.2) is 18.8 Å². The summed E-state index contributed by atoms with van der Waals surface area (Å²) < 4.78 is 11.0. The topological polar surface area (TPSA) is 38.7 Å². The maximum Gasteiger partial charge on any atom is 0.161 e. The van der Waals surface area contributed by atoms with Gasteiger partial charge >= 0.3 is 0 Å². The minimum Gasteiger partial charge on any atom is -0.493 e. The lowest BCUT2D eigenvalue weighted by Gasteiger charge is -2.13. The first-order valence-corrected chi connectivity index (χ1v) is 6.67. The van der Waals surface area contributed by atoms with Crippen LogP contribution >= 0.6 is 0 Å². The zero-order valence-corrected chi connectivity index (χ0v) is 11.6. The van der Waals surface area contributed by atoms with E-state index in [-0.39, 0.29) is 0 Å². The van der Waals surface area contributed by atoms with Gasteiger partial charge in [0.15, 0.2) is 11.5 Å². The minimum atomic E-state index is -0.488. The van der Waals surface area contributed by atoms with E-state index in [0.29, 0.717) is 12.4 Å². The minimum absolute atomic E-state index is 0.488. The van der Waals surface area contributed by atoms with Gasteiger partial charge in [-0.15, -0.1) is 0 Å². The van der Waals surface area contributed by atoms with Gasteiger partial charge in [0.1, 0.15) is 0 Å². The van der Waals surface area contributed by atoms with Gasteiger partial charge in [-0.3, -0.25) is 0 Å². The van der Waals surface area contributed by atoms with E-state index in [0.717, 1.165) is 17.7 Å². The van der Waals surface area contributed by atoms with Gasteiger partial charge in [-0.2, -0.15) is 0 Å². The number of aliphatic hydroxyl groups is 1. The van der Waals surface area contributed by atoms with Crippen LogP contribution in [0.25, 0.3) is 0 Å². The molecule has 102 valence electrons. The SMILES string of the molecule is CCCCCCOc1ccc(C(C)O)cc1OC. The van der Waals surface area contributed by atoms with Gasteiger partial charge < -0.3 is 14.6 Å². The van der Waals surface area contributed by atoms with Crippen molar-refractivity contribution < 1.29 is 14.6 Å². The molecular weight excluding hydrogens is 228 g/mol. The molecule has 0 fully saturated rings. The zero-order valence-electron chi connectivity index (χ0n) is 11.6. The van der Waals surface area contributed by atoms with Crippen LogP contribution in [0.1, 0.15) is 51.2 Å². The maximum absolute atomic E-state index is 9.51. The quantitative estimate of drug-likeness (QED) is 0.717. The Morgan fingerprint density at radius 3 is 2.56 bits per heavy atom. The van der Waals surface area contributed by atoms with E-state index in [1.807, 2.05) is 18.2 Å². The summed E-state index contributed by atoms with van der Waals surface area (Å²) in [7, 11) is 1.62. The lowest BCUT2D eigenvalue weighted by molar-refractivity contribution is 0.198. The molecule has 1 rings (SSSR count). The molecule has 0 amide bonds. The Morgan fingerprint density at radius 2 is 1.94 bits per heavy atom. The fourth-order valence-electron chi connectivity index (χ4n) is 1.77. The Kier molecular flexibility index (Phi) is 6.58. The van der Waals surface area contributed by atoms with E-state index < -0.39 is 6.10 Å². The average molecular weight is 252 g/mol. The third-order valence-electron chi connectivity index (χ3n) is 2.93. The van der Waals surface area contributed by atoms with Crippen LogP contribution in [0.15, 0.2) is 18.2 Å². The lowest BCUT2D eigenvalue weighted by atomic mass is 10.1. The summed E-state index contributed by atoms with van der Waals surface area (Å²) in [5.41, 5.74) is 0.838. The zero-order chi connectivity index (χ0) is 13.4. The Balaban J connectivity index is 2.54. The Labute approximate surface area is 110 Å². The standard InChI is InChI=1S/C15H24O3/c1-4-5-6-7-10-18-14-9-8-13(12(2)16)11-15(14)17-3/h8-9,11-12,16H,4-7,10H2,1-3H3. The molecule has 0 saturated carbocycles. The molecular formula is C15H24O3. The second kappa shape index (κ2) is 7.98. The van der Waals surface area contributed by atoms with E-state index in [4.69, 9.17) is 9.47 Å². The maximum atomic E-state index is 9.51. The molecule has 0 heterocycles. The van der Waals surface area contributed by atoms with Crippen molar-refractivity contribution in [2.75, 3.05) is 13.7 Å². The number of methoxy groups -OCH3 is 1. The molecule has 0 saturated heterocycles. The molecule has 0 radical (unpaired) electrons. The molecule has 18 heavy (non-hydrogen) atoms. The summed E-state index contributed by atoms with van der Waals surface area (Å²) in [6.07, 6.45) is 4.26. The van der Waals surface area contributed by atoms with Gasteiger partial charge in [-0.05, 0) is 31.0 Å². The second-order valence-electron chi connectivity index (χ2n) is 4.50. The van der Waals surface area contributed by atoms with Crippen LogP contribution in [0.5, 0.6) is 11.5 Å². The van der Waals surface area contributed by atoms with Crippen LogP contribution in [-0.2, 0) is 0 Å². The molecule has 0 aliphatic carbocycles. The number of benzene rings is 1. The first-order chi connectivity index (χ1) is 8.69. The predicted molar refractivity (Wildman–Crippen MR) is 73.3 cm³/mol. The van der Waals surface area contributed by atoms with Gasteiger partial charge in [-0.25, -0.2) is 0 Å². The third kappa shape index (κ3) is 4.57. The van der Waals surface area contributed by atoms with Gasteiger partial charge in [0.05, 0.1) is 19.8 Å². The van der Waals surface area contributed by atoms with Crippen molar-refractivity contribution in [3.63, 3.8) is 0 Å². The monoisotopic (exact) mass is 252 g/mol. The van der Waals surface area contributed by atoms with Crippen LogP contribution in [0.2, 0.25) is 0 Å². The summed E-state index contributed by atoms with van der Waals surface area (Å²) in [5, 5.41) is 9.51. The van der Waals surface area contributed by atoms with Crippen molar-refractivity contribution in [3.05, 3.63) is 23.8 Å². The fourth-order valence-corrected chi connectivity index (χ4v) is 1.77. The number of hydrogen-bond donors (Lipinski definition) is 1. The highest BCUT2D eigenvalue weighted by Gasteiger charge is 2.08.